The van der Waals surface area contributed by atoms with Gasteiger partial charge in [-0.25, -0.2) is 5.73 Å². The van der Waals surface area contributed by atoms with E-state index in [1.807, 2.05) is 146 Å². The second-order valence-corrected chi connectivity index (χ2v) is 15.7. The summed E-state index contributed by atoms with van der Waals surface area (Å²) in [5, 5.41) is 41.2. The Hall–Kier alpha value is -3.46. The first-order chi connectivity index (χ1) is 30.6. The van der Waals surface area contributed by atoms with E-state index in [1.165, 1.54) is 11.1 Å². The molecule has 0 amide bonds. The minimum absolute atomic E-state index is 0. The molecule has 1 saturated heterocycles. The van der Waals surface area contributed by atoms with Crippen molar-refractivity contribution < 1.29 is 25.2 Å². The molecule has 1 fully saturated rings. The number of hydrogen-bond acceptors (Lipinski definition) is 5. The molecule has 9 rings (SSSR count). The van der Waals surface area contributed by atoms with Gasteiger partial charge in [0.05, 0.1) is 58.1 Å². The van der Waals surface area contributed by atoms with E-state index in [0.717, 1.165) is 11.5 Å². The molecule has 3 aliphatic rings. The van der Waals surface area contributed by atoms with Gasteiger partial charge < -0.3 is 25.2 Å². The van der Waals surface area contributed by atoms with E-state index in [1.54, 1.807) is 0 Å². The van der Waals surface area contributed by atoms with E-state index in [9.17, 15) is 20.4 Å². The van der Waals surface area contributed by atoms with Crippen LogP contribution in [-0.2, 0) is 4.74 Å². The van der Waals surface area contributed by atoms with Gasteiger partial charge in [-0.2, -0.15) is 12.5 Å². The Morgan fingerprint density at radius 2 is 0.803 bits per heavy atom. The first-order valence-electron chi connectivity index (χ1n) is 18.4. The third-order valence-electron chi connectivity index (χ3n) is 7.98. The number of fused-ring (bicyclic) bond motifs is 2. The Bertz CT molecular complexity index is 2070. The summed E-state index contributed by atoms with van der Waals surface area (Å²) in [6.07, 6.45) is 15.1. The molecule has 0 unspecified atom stereocenters. The third-order valence-corrected chi connectivity index (χ3v) is 11.5. The van der Waals surface area contributed by atoms with Crippen LogP contribution in [0.15, 0.2) is 180 Å². The second kappa shape index (κ2) is 32.3. The van der Waals surface area contributed by atoms with E-state index in [-0.39, 0.29) is 74.4 Å². The van der Waals surface area contributed by atoms with Crippen molar-refractivity contribution >= 4 is 142 Å². The van der Waals surface area contributed by atoms with Crippen LogP contribution < -0.4 is 20.4 Å². The molecular formula is C51H32Cl8O5Sb2-4. The van der Waals surface area contributed by atoms with Crippen molar-refractivity contribution in [2.75, 3.05) is 0 Å². The predicted octanol–water partition coefficient (Wildman–Crippen LogP) is 13.5. The number of ether oxygens (including phenoxy) is 1. The molecule has 0 aromatic heterocycles. The van der Waals surface area contributed by atoms with Crippen LogP contribution in [0.3, 0.4) is 0 Å². The Morgan fingerprint density at radius 1 is 0.485 bits per heavy atom. The van der Waals surface area contributed by atoms with Gasteiger partial charge in [0.1, 0.15) is 11.6 Å². The van der Waals surface area contributed by atoms with Crippen molar-refractivity contribution in [2.45, 2.75) is 13.8 Å². The van der Waals surface area contributed by atoms with Crippen molar-refractivity contribution in [1.82, 2.24) is 0 Å². The molecule has 6 aromatic rings. The summed E-state index contributed by atoms with van der Waals surface area (Å²) in [6, 6.07) is 50.0. The fourth-order valence-electron chi connectivity index (χ4n) is 4.79. The summed E-state index contributed by atoms with van der Waals surface area (Å²) in [5.74, 6) is -2.09. The largest absolute Gasteiger partial charge is 0.872 e. The first-order valence-corrected chi connectivity index (χ1v) is 21.4. The van der Waals surface area contributed by atoms with Gasteiger partial charge in [-0.05, 0) is 24.3 Å². The normalized spacial score (nSPS) is 12.3. The maximum absolute atomic E-state index is 10.9. The molecule has 6 aromatic carbocycles. The molecule has 0 bridgehead atoms. The fourth-order valence-corrected chi connectivity index (χ4v) is 6.43. The molecule has 0 N–H and O–H groups in total. The Morgan fingerprint density at radius 3 is 1.08 bits per heavy atom. The number of halogens is 8. The van der Waals surface area contributed by atoms with Crippen LogP contribution in [0.5, 0.6) is 23.0 Å². The molecule has 0 atom stereocenters. The maximum atomic E-state index is 10.9. The molecular weight excluding hydrogens is 1220 g/mol. The summed E-state index contributed by atoms with van der Waals surface area (Å²) in [5.41, 5.74) is 5.46. The maximum Gasteiger partial charge on any atom is 0.296 e. The van der Waals surface area contributed by atoms with Gasteiger partial charge in [0.15, 0.2) is 0 Å². The van der Waals surface area contributed by atoms with Gasteiger partial charge in [0.2, 0.25) is 0 Å². The fraction of sp³-hybridized carbons (Fsp3) is 0.0588. The van der Waals surface area contributed by atoms with Crippen molar-refractivity contribution in [2.24, 2.45) is 5.41 Å². The topological polar surface area (TPSA) is 101 Å². The summed E-state index contributed by atoms with van der Waals surface area (Å²) >= 11 is 43.4. The monoisotopic (exact) mass is 1250 g/mol. The van der Waals surface area contributed by atoms with E-state index < -0.39 is 43.1 Å². The van der Waals surface area contributed by atoms with Crippen LogP contribution in [0.25, 0.3) is 0 Å². The van der Waals surface area contributed by atoms with Gasteiger partial charge in [0.25, 0.3) is 5.76 Å². The minimum atomic E-state index is -0.934. The molecule has 0 spiro atoms. The van der Waals surface area contributed by atoms with Crippen LogP contribution in [0.4, 0.5) is 0 Å². The number of hydrogen-bond donors (Lipinski definition) is 0. The molecule has 15 heteroatoms. The molecule has 66 heavy (non-hydrogen) atoms. The predicted molar refractivity (Wildman–Crippen MR) is 266 cm³/mol. The Kier molecular flexibility index (Phi) is 29.6. The van der Waals surface area contributed by atoms with E-state index in [2.05, 4.69) is 62.1 Å². The summed E-state index contributed by atoms with van der Waals surface area (Å²) in [4.78, 5) is 0. The Labute approximate surface area is 461 Å². The van der Waals surface area contributed by atoms with Crippen molar-refractivity contribution in [3.05, 3.63) is 257 Å². The summed E-state index contributed by atoms with van der Waals surface area (Å²) < 4.78 is 5.80. The SMILES string of the molecule is CC1(C)C2=C[CH-]C=C=C2OC2=[C+]C=CC=C21.[O-]c1c([O-])c(Cl)c(Cl)c(Cl)c1Cl.[O-]c1c([O-])c(Cl)c(Cl)c(Cl)c1Cl.[Sb].[Sb].[c]1ccccc1.[c]1ccccc1.[c]1ccccc1.[c]1ccccc1. The average Bonchev–Trinajstić information content (AvgIpc) is 3.36. The minimum Gasteiger partial charge on any atom is -0.872 e. The van der Waals surface area contributed by atoms with Crippen LogP contribution in [0, 0.1) is 42.2 Å². The standard InChI is InChI=1S/C15H12O.2C6H2Cl4O2.4C6H5.2Sb/c1-15(2)11-7-3-5-9-13(11)16-14-10-6-4-8-12(14)15;2*7-1-2(8)4(10)6(12)5(11)3(1)9;4*1-2-4-6-5-3-1;;/h3-8H,1-2H3;2*11-12H;4*1-5H;;/p-4. The van der Waals surface area contributed by atoms with Gasteiger partial charge in [0, 0.05) is 60.3 Å². The second-order valence-electron chi connectivity index (χ2n) is 12.7. The van der Waals surface area contributed by atoms with E-state index >= 15 is 0 Å². The van der Waals surface area contributed by atoms with Gasteiger partial charge in [-0.15, -0.1) is 6.08 Å². The third kappa shape index (κ3) is 18.9. The van der Waals surface area contributed by atoms with Gasteiger partial charge >= 0.3 is 0 Å². The van der Waals surface area contributed by atoms with Crippen molar-refractivity contribution in [3.63, 3.8) is 0 Å². The zero-order chi connectivity index (χ0) is 47.1. The number of benzene rings is 6. The zero-order valence-electron chi connectivity index (χ0n) is 34.5. The van der Waals surface area contributed by atoms with Crippen molar-refractivity contribution in [3.8, 4) is 23.0 Å². The van der Waals surface area contributed by atoms with Crippen LogP contribution >= 0.6 is 92.8 Å². The number of rotatable bonds is 0. The molecule has 1 heterocycles. The Balaban J connectivity index is 0.000000397. The molecule has 336 valence electrons. The zero-order valence-corrected chi connectivity index (χ0v) is 45.6. The van der Waals surface area contributed by atoms with E-state index in [0.29, 0.717) is 0 Å². The average molecular weight is 1250 g/mol. The molecule has 0 saturated carbocycles. The van der Waals surface area contributed by atoms with Crippen LogP contribution in [0.2, 0.25) is 40.2 Å². The summed E-state index contributed by atoms with van der Waals surface area (Å²) in [7, 11) is 0. The molecule has 1 aliphatic heterocycles. The van der Waals surface area contributed by atoms with Crippen LogP contribution in [-0.4, -0.2) is 48.9 Å². The molecule has 2 aliphatic carbocycles. The summed E-state index contributed by atoms with van der Waals surface area (Å²) in [6.45, 7) is 4.41. The molecule has 5 nitrogen and oxygen atoms in total. The first kappa shape index (κ1) is 60.6. The van der Waals surface area contributed by atoms with Crippen molar-refractivity contribution in [1.29, 1.82) is 0 Å². The molecule has 10 radical (unpaired) electrons. The quantitative estimate of drug-likeness (QED) is 0.0496. The van der Waals surface area contributed by atoms with Gasteiger partial charge in [-0.1, -0.05) is 257 Å². The smallest absolute Gasteiger partial charge is 0.296 e. The number of allylic oxidation sites excluding steroid dienone is 7. The van der Waals surface area contributed by atoms with Gasteiger partial charge in [-0.3, -0.25) is 0 Å². The van der Waals surface area contributed by atoms with Crippen LogP contribution in [0.1, 0.15) is 13.8 Å². The van der Waals surface area contributed by atoms with E-state index in [4.69, 9.17) is 97.5 Å².